The molecule has 0 spiro atoms. The van der Waals surface area contributed by atoms with Crippen molar-refractivity contribution in [2.24, 2.45) is 11.1 Å². The van der Waals surface area contributed by atoms with E-state index in [1.165, 1.54) is 32.1 Å². The fourth-order valence-electron chi connectivity index (χ4n) is 3.28. The molecule has 98 valence electrons. The van der Waals surface area contributed by atoms with E-state index in [1.54, 1.807) is 0 Å². The fourth-order valence-corrected chi connectivity index (χ4v) is 3.28. The van der Waals surface area contributed by atoms with Gasteiger partial charge in [0.2, 0.25) is 5.91 Å². The monoisotopic (exact) mass is 238 g/mol. The van der Waals surface area contributed by atoms with Crippen molar-refractivity contribution in [1.82, 2.24) is 5.32 Å². The molecule has 0 bridgehead atoms. The third kappa shape index (κ3) is 3.01. The maximum atomic E-state index is 12.1. The normalized spacial score (nSPS) is 26.7. The lowest BCUT2D eigenvalue weighted by molar-refractivity contribution is -0.126. The van der Waals surface area contributed by atoms with Crippen LogP contribution in [0.3, 0.4) is 0 Å². The number of amides is 1. The number of carbonyl (C=O) groups excluding carboxylic acids is 1. The molecule has 0 aromatic rings. The van der Waals surface area contributed by atoms with Crippen molar-refractivity contribution in [2.75, 3.05) is 6.54 Å². The van der Waals surface area contributed by atoms with Crippen molar-refractivity contribution in [3.8, 4) is 0 Å². The third-order valence-corrected chi connectivity index (χ3v) is 4.68. The van der Waals surface area contributed by atoms with Crippen molar-refractivity contribution < 1.29 is 4.79 Å². The third-order valence-electron chi connectivity index (χ3n) is 4.68. The summed E-state index contributed by atoms with van der Waals surface area (Å²) < 4.78 is 0. The van der Waals surface area contributed by atoms with Crippen molar-refractivity contribution in [2.45, 2.75) is 70.3 Å². The highest BCUT2D eigenvalue weighted by molar-refractivity contribution is 5.86. The van der Waals surface area contributed by atoms with Gasteiger partial charge in [0.1, 0.15) is 0 Å². The van der Waals surface area contributed by atoms with E-state index in [9.17, 15) is 4.79 Å². The topological polar surface area (TPSA) is 55.1 Å². The molecule has 0 radical (unpaired) electrons. The van der Waals surface area contributed by atoms with Crippen LogP contribution in [0.5, 0.6) is 0 Å². The lowest BCUT2D eigenvalue weighted by atomic mass is 9.75. The second-order valence-electron chi connectivity index (χ2n) is 6.42. The Bertz CT molecular complexity index is 276. The zero-order valence-electron chi connectivity index (χ0n) is 11.1. The summed E-state index contributed by atoms with van der Waals surface area (Å²) in [4.78, 5) is 12.1. The highest BCUT2D eigenvalue weighted by atomic mass is 16.2. The Morgan fingerprint density at radius 2 is 1.59 bits per heavy atom. The van der Waals surface area contributed by atoms with E-state index in [-0.39, 0.29) is 5.91 Å². The second-order valence-corrected chi connectivity index (χ2v) is 6.42. The molecule has 0 atom stereocenters. The van der Waals surface area contributed by atoms with E-state index in [2.05, 4.69) is 12.2 Å². The molecule has 2 rings (SSSR count). The minimum absolute atomic E-state index is 0.0850. The maximum Gasteiger partial charge on any atom is 0.240 e. The molecule has 2 aliphatic rings. The Hall–Kier alpha value is -0.570. The summed E-state index contributed by atoms with van der Waals surface area (Å²) in [5.41, 5.74) is 5.89. The first-order valence-electron chi connectivity index (χ1n) is 7.11. The van der Waals surface area contributed by atoms with E-state index < -0.39 is 5.54 Å². The van der Waals surface area contributed by atoms with Crippen LogP contribution in [0, 0.1) is 5.41 Å². The van der Waals surface area contributed by atoms with Gasteiger partial charge >= 0.3 is 0 Å². The van der Waals surface area contributed by atoms with Gasteiger partial charge in [-0.1, -0.05) is 39.0 Å². The van der Waals surface area contributed by atoms with Crippen LogP contribution in [0.25, 0.3) is 0 Å². The van der Waals surface area contributed by atoms with Crippen molar-refractivity contribution in [1.29, 1.82) is 0 Å². The SMILES string of the molecule is CC1(CNC(=O)C2(N)CCCC2)CCCCC1. The Kier molecular flexibility index (Phi) is 3.76. The van der Waals surface area contributed by atoms with E-state index in [1.807, 2.05) is 0 Å². The predicted octanol–water partition coefficient (Wildman–Crippen LogP) is 2.34. The van der Waals surface area contributed by atoms with Crippen LogP contribution in [0.2, 0.25) is 0 Å². The number of nitrogens with one attached hydrogen (secondary N) is 1. The van der Waals surface area contributed by atoms with Crippen LogP contribution in [-0.4, -0.2) is 18.0 Å². The second kappa shape index (κ2) is 4.97. The van der Waals surface area contributed by atoms with Crippen molar-refractivity contribution in [3.63, 3.8) is 0 Å². The summed E-state index contributed by atoms with van der Waals surface area (Å²) in [7, 11) is 0. The number of hydrogen-bond acceptors (Lipinski definition) is 2. The average molecular weight is 238 g/mol. The Balaban J connectivity index is 1.83. The summed E-state index contributed by atoms with van der Waals surface area (Å²) >= 11 is 0. The van der Waals surface area contributed by atoms with E-state index in [4.69, 9.17) is 5.73 Å². The van der Waals surface area contributed by atoms with Crippen molar-refractivity contribution >= 4 is 5.91 Å². The van der Waals surface area contributed by atoms with Gasteiger partial charge in [0.15, 0.2) is 0 Å². The highest BCUT2D eigenvalue weighted by Gasteiger charge is 2.38. The smallest absolute Gasteiger partial charge is 0.240 e. The van der Waals surface area contributed by atoms with Gasteiger partial charge in [-0.3, -0.25) is 4.79 Å². The van der Waals surface area contributed by atoms with Gasteiger partial charge < -0.3 is 11.1 Å². The lowest BCUT2D eigenvalue weighted by Crippen LogP contribution is -2.53. The molecule has 1 amide bonds. The molecule has 2 saturated carbocycles. The largest absolute Gasteiger partial charge is 0.354 e. The fraction of sp³-hybridized carbons (Fsp3) is 0.929. The van der Waals surface area contributed by atoms with Crippen LogP contribution in [-0.2, 0) is 4.79 Å². The molecular formula is C14H26N2O. The molecule has 0 heterocycles. The van der Waals surface area contributed by atoms with Crippen LogP contribution >= 0.6 is 0 Å². The zero-order valence-corrected chi connectivity index (χ0v) is 11.1. The van der Waals surface area contributed by atoms with E-state index in [0.29, 0.717) is 5.41 Å². The van der Waals surface area contributed by atoms with Gasteiger partial charge in [-0.25, -0.2) is 0 Å². The van der Waals surface area contributed by atoms with Gasteiger partial charge in [0.25, 0.3) is 0 Å². The number of hydrogen-bond donors (Lipinski definition) is 2. The van der Waals surface area contributed by atoms with Gasteiger partial charge in [-0.2, -0.15) is 0 Å². The quantitative estimate of drug-likeness (QED) is 0.793. The van der Waals surface area contributed by atoms with Gasteiger partial charge in [0, 0.05) is 6.54 Å². The van der Waals surface area contributed by atoms with Crippen LogP contribution in [0.4, 0.5) is 0 Å². The van der Waals surface area contributed by atoms with Gasteiger partial charge in [-0.15, -0.1) is 0 Å². The van der Waals surface area contributed by atoms with Gasteiger partial charge in [-0.05, 0) is 31.1 Å². The summed E-state index contributed by atoms with van der Waals surface area (Å²) in [6, 6.07) is 0. The predicted molar refractivity (Wildman–Crippen MR) is 69.6 cm³/mol. The summed E-state index contributed by atoms with van der Waals surface area (Å²) in [5, 5.41) is 3.11. The first kappa shape index (κ1) is 12.9. The average Bonchev–Trinajstić information content (AvgIpc) is 2.75. The Morgan fingerprint density at radius 1 is 1.06 bits per heavy atom. The molecule has 3 N–H and O–H groups in total. The summed E-state index contributed by atoms with van der Waals surface area (Å²) in [6.07, 6.45) is 10.4. The summed E-state index contributed by atoms with van der Waals surface area (Å²) in [5.74, 6) is 0.0850. The Labute approximate surface area is 105 Å². The van der Waals surface area contributed by atoms with E-state index >= 15 is 0 Å². The molecule has 17 heavy (non-hydrogen) atoms. The number of rotatable bonds is 3. The van der Waals surface area contributed by atoms with Crippen LogP contribution < -0.4 is 11.1 Å². The molecule has 2 aliphatic carbocycles. The molecule has 2 fully saturated rings. The number of nitrogens with two attached hydrogens (primary N) is 1. The lowest BCUT2D eigenvalue weighted by Gasteiger charge is -2.35. The molecule has 3 nitrogen and oxygen atoms in total. The highest BCUT2D eigenvalue weighted by Crippen LogP contribution is 2.35. The molecule has 0 aliphatic heterocycles. The molecule has 0 unspecified atom stereocenters. The van der Waals surface area contributed by atoms with Crippen LogP contribution in [0.15, 0.2) is 0 Å². The first-order valence-corrected chi connectivity index (χ1v) is 7.11. The molecule has 0 aromatic heterocycles. The Morgan fingerprint density at radius 3 is 2.18 bits per heavy atom. The van der Waals surface area contributed by atoms with Gasteiger partial charge in [0.05, 0.1) is 5.54 Å². The first-order chi connectivity index (χ1) is 8.04. The number of carbonyl (C=O) groups is 1. The molecule has 0 saturated heterocycles. The zero-order chi connectivity index (χ0) is 12.4. The van der Waals surface area contributed by atoms with Crippen molar-refractivity contribution in [3.05, 3.63) is 0 Å². The molecular weight excluding hydrogens is 212 g/mol. The summed E-state index contributed by atoms with van der Waals surface area (Å²) in [6.45, 7) is 3.11. The minimum Gasteiger partial charge on any atom is -0.354 e. The minimum atomic E-state index is -0.564. The van der Waals surface area contributed by atoms with Crippen LogP contribution in [0.1, 0.15) is 64.7 Å². The van der Waals surface area contributed by atoms with E-state index in [0.717, 1.165) is 32.2 Å². The standard InChI is InChI=1S/C14H26N2O/c1-13(7-3-2-4-8-13)11-16-12(17)14(15)9-5-6-10-14/h2-11,15H2,1H3,(H,16,17). The maximum absolute atomic E-state index is 12.1. The molecule has 3 heteroatoms. The molecule has 0 aromatic carbocycles.